The van der Waals surface area contributed by atoms with E-state index in [9.17, 15) is 4.79 Å². The Morgan fingerprint density at radius 1 is 0.794 bits per heavy atom. The SMILES string of the molecule is COc1ccc(C2=NN(C(c3ccccc3)c3ccccc3)C(=O)C3CCCCC23)cc1OC. The average molecular weight is 455 g/mol. The Morgan fingerprint density at radius 2 is 1.38 bits per heavy atom. The van der Waals surface area contributed by atoms with Crippen molar-refractivity contribution in [3.63, 3.8) is 0 Å². The van der Waals surface area contributed by atoms with Gasteiger partial charge < -0.3 is 9.47 Å². The summed E-state index contributed by atoms with van der Waals surface area (Å²) < 4.78 is 11.0. The molecule has 174 valence electrons. The number of hydrazone groups is 1. The highest BCUT2D eigenvalue weighted by atomic mass is 16.5. The van der Waals surface area contributed by atoms with Gasteiger partial charge in [0.15, 0.2) is 11.5 Å². The minimum atomic E-state index is -0.284. The zero-order valence-corrected chi connectivity index (χ0v) is 19.7. The third kappa shape index (κ3) is 4.07. The number of nitrogens with zero attached hydrogens (tertiary/aromatic N) is 2. The van der Waals surface area contributed by atoms with Crippen molar-refractivity contribution < 1.29 is 14.3 Å². The number of fused-ring (bicyclic) bond motifs is 1. The van der Waals surface area contributed by atoms with Gasteiger partial charge in [-0.3, -0.25) is 4.79 Å². The molecule has 0 spiro atoms. The number of methoxy groups -OCH3 is 2. The van der Waals surface area contributed by atoms with Crippen molar-refractivity contribution in [2.45, 2.75) is 31.7 Å². The second-order valence-corrected chi connectivity index (χ2v) is 8.96. The van der Waals surface area contributed by atoms with Crippen molar-refractivity contribution in [1.29, 1.82) is 0 Å². The first-order valence-corrected chi connectivity index (χ1v) is 11.9. The molecule has 1 aliphatic carbocycles. The highest BCUT2D eigenvalue weighted by molar-refractivity contribution is 6.07. The Balaban J connectivity index is 1.67. The minimum Gasteiger partial charge on any atom is -0.493 e. The Kier molecular flexibility index (Phi) is 6.35. The van der Waals surface area contributed by atoms with Crippen LogP contribution < -0.4 is 9.47 Å². The van der Waals surface area contributed by atoms with Gasteiger partial charge in [0.05, 0.1) is 19.9 Å². The number of amides is 1. The highest BCUT2D eigenvalue weighted by Crippen LogP contribution is 2.42. The van der Waals surface area contributed by atoms with Gasteiger partial charge in [0, 0.05) is 17.4 Å². The summed E-state index contributed by atoms with van der Waals surface area (Å²) in [5.74, 6) is 1.52. The van der Waals surface area contributed by atoms with Crippen molar-refractivity contribution in [3.05, 3.63) is 95.6 Å². The van der Waals surface area contributed by atoms with Crippen LogP contribution in [0.4, 0.5) is 0 Å². The van der Waals surface area contributed by atoms with Gasteiger partial charge in [-0.15, -0.1) is 0 Å². The van der Waals surface area contributed by atoms with E-state index in [2.05, 4.69) is 24.3 Å². The maximum Gasteiger partial charge on any atom is 0.247 e. The van der Waals surface area contributed by atoms with Crippen LogP contribution in [0.3, 0.4) is 0 Å². The van der Waals surface area contributed by atoms with Crippen LogP contribution in [-0.2, 0) is 4.79 Å². The molecular formula is C29H30N2O3. The molecule has 0 N–H and O–H groups in total. The quantitative estimate of drug-likeness (QED) is 0.470. The molecular weight excluding hydrogens is 424 g/mol. The lowest BCUT2D eigenvalue weighted by molar-refractivity contribution is -0.140. The van der Waals surface area contributed by atoms with Crippen LogP contribution in [0.5, 0.6) is 11.5 Å². The largest absolute Gasteiger partial charge is 0.493 e. The second-order valence-electron chi connectivity index (χ2n) is 8.96. The van der Waals surface area contributed by atoms with E-state index in [1.54, 1.807) is 19.2 Å². The standard InChI is InChI=1S/C29H30N2O3/c1-33-25-18-17-22(19-26(25)34-2)27-23-15-9-10-16-24(23)29(32)31(30-27)28(20-11-5-3-6-12-20)21-13-7-4-8-14-21/h3-8,11-14,17-19,23-24,28H,9-10,15-16H2,1-2H3. The molecule has 2 atom stereocenters. The smallest absolute Gasteiger partial charge is 0.247 e. The molecule has 3 aromatic carbocycles. The fourth-order valence-electron chi connectivity index (χ4n) is 5.36. The van der Waals surface area contributed by atoms with E-state index < -0.39 is 0 Å². The number of hydrogen-bond donors (Lipinski definition) is 0. The van der Waals surface area contributed by atoms with Gasteiger partial charge in [-0.05, 0) is 42.2 Å². The summed E-state index contributed by atoms with van der Waals surface area (Å²) >= 11 is 0. The van der Waals surface area contributed by atoms with Crippen LogP contribution >= 0.6 is 0 Å². The van der Waals surface area contributed by atoms with Crippen molar-refractivity contribution >= 4 is 11.6 Å². The molecule has 3 aromatic rings. The molecule has 1 aliphatic heterocycles. The van der Waals surface area contributed by atoms with Crippen LogP contribution in [0.2, 0.25) is 0 Å². The molecule has 1 heterocycles. The van der Waals surface area contributed by atoms with Gasteiger partial charge in [0.25, 0.3) is 0 Å². The summed E-state index contributed by atoms with van der Waals surface area (Å²) in [6, 6.07) is 26.0. The van der Waals surface area contributed by atoms with Crippen LogP contribution in [-0.4, -0.2) is 30.8 Å². The van der Waals surface area contributed by atoms with E-state index >= 15 is 0 Å². The number of hydrogen-bond acceptors (Lipinski definition) is 4. The molecule has 5 heteroatoms. The molecule has 34 heavy (non-hydrogen) atoms. The van der Waals surface area contributed by atoms with Gasteiger partial charge >= 0.3 is 0 Å². The lowest BCUT2D eigenvalue weighted by Gasteiger charge is -2.41. The zero-order valence-electron chi connectivity index (χ0n) is 19.7. The summed E-state index contributed by atoms with van der Waals surface area (Å²) in [5.41, 5.74) is 4.03. The summed E-state index contributed by atoms with van der Waals surface area (Å²) in [5, 5.41) is 6.84. The maximum atomic E-state index is 13.9. The summed E-state index contributed by atoms with van der Waals surface area (Å²) in [6.07, 6.45) is 4.05. The lowest BCUT2D eigenvalue weighted by Crippen LogP contribution is -2.47. The highest BCUT2D eigenvalue weighted by Gasteiger charge is 2.44. The predicted molar refractivity (Wildman–Crippen MR) is 133 cm³/mol. The van der Waals surface area contributed by atoms with Crippen LogP contribution in [0, 0.1) is 11.8 Å². The molecule has 0 saturated heterocycles. The van der Waals surface area contributed by atoms with Gasteiger partial charge in [-0.2, -0.15) is 5.10 Å². The predicted octanol–water partition coefficient (Wildman–Crippen LogP) is 5.85. The van der Waals surface area contributed by atoms with E-state index in [1.165, 1.54) is 0 Å². The first-order chi connectivity index (χ1) is 16.7. The first-order valence-electron chi connectivity index (χ1n) is 11.9. The molecule has 5 rings (SSSR count). The number of ether oxygens (including phenoxy) is 2. The number of rotatable bonds is 6. The first kappa shape index (κ1) is 22.2. The molecule has 5 nitrogen and oxygen atoms in total. The van der Waals surface area contributed by atoms with E-state index in [0.717, 1.165) is 48.1 Å². The van der Waals surface area contributed by atoms with Crippen LogP contribution in [0.1, 0.15) is 48.4 Å². The van der Waals surface area contributed by atoms with E-state index in [4.69, 9.17) is 14.6 Å². The molecule has 0 radical (unpaired) electrons. The third-order valence-corrected chi connectivity index (χ3v) is 7.03. The Bertz CT molecular complexity index is 1140. The van der Waals surface area contributed by atoms with Crippen molar-refractivity contribution in [2.24, 2.45) is 16.9 Å². The average Bonchev–Trinajstić information content (AvgIpc) is 2.91. The number of carbonyl (C=O) groups is 1. The van der Waals surface area contributed by atoms with E-state index in [-0.39, 0.29) is 23.8 Å². The molecule has 1 fully saturated rings. The maximum absolute atomic E-state index is 13.9. The number of carbonyl (C=O) groups excluding carboxylic acids is 1. The Labute approximate surface area is 201 Å². The summed E-state index contributed by atoms with van der Waals surface area (Å²) in [4.78, 5) is 13.9. The third-order valence-electron chi connectivity index (χ3n) is 7.03. The normalized spacial score (nSPS) is 20.0. The van der Waals surface area contributed by atoms with Crippen LogP contribution in [0.25, 0.3) is 0 Å². The van der Waals surface area contributed by atoms with Gasteiger partial charge in [0.2, 0.25) is 5.91 Å². The van der Waals surface area contributed by atoms with Gasteiger partial charge in [-0.1, -0.05) is 73.5 Å². The molecule has 1 saturated carbocycles. The van der Waals surface area contributed by atoms with E-state index in [0.29, 0.717) is 11.5 Å². The lowest BCUT2D eigenvalue weighted by atomic mass is 9.73. The molecule has 0 bridgehead atoms. The number of benzene rings is 3. The Morgan fingerprint density at radius 3 is 1.97 bits per heavy atom. The van der Waals surface area contributed by atoms with Crippen molar-refractivity contribution in [3.8, 4) is 11.5 Å². The van der Waals surface area contributed by atoms with Crippen molar-refractivity contribution in [2.75, 3.05) is 14.2 Å². The summed E-state index contributed by atoms with van der Waals surface area (Å²) in [6.45, 7) is 0. The van der Waals surface area contributed by atoms with E-state index in [1.807, 2.05) is 54.6 Å². The second kappa shape index (κ2) is 9.72. The van der Waals surface area contributed by atoms with Gasteiger partial charge in [-0.25, -0.2) is 5.01 Å². The van der Waals surface area contributed by atoms with Gasteiger partial charge in [0.1, 0.15) is 6.04 Å². The Hall–Kier alpha value is -3.60. The minimum absolute atomic E-state index is 0.0655. The monoisotopic (exact) mass is 454 g/mol. The zero-order chi connectivity index (χ0) is 23.5. The van der Waals surface area contributed by atoms with Crippen LogP contribution in [0.15, 0.2) is 84.0 Å². The van der Waals surface area contributed by atoms with Crippen molar-refractivity contribution in [1.82, 2.24) is 5.01 Å². The topological polar surface area (TPSA) is 51.1 Å². The fourth-order valence-corrected chi connectivity index (χ4v) is 5.36. The molecule has 1 amide bonds. The fraction of sp³-hybridized carbons (Fsp3) is 0.310. The molecule has 2 aliphatic rings. The molecule has 0 aromatic heterocycles. The summed E-state index contributed by atoms with van der Waals surface area (Å²) in [7, 11) is 3.28. The molecule has 2 unspecified atom stereocenters.